The Balaban J connectivity index is 2.48. The van der Waals surface area contributed by atoms with Gasteiger partial charge in [0.05, 0.1) is 39.8 Å². The average molecular weight is 311 g/mol. The molecule has 0 fully saturated rings. The van der Waals surface area contributed by atoms with Crippen molar-refractivity contribution in [2.75, 3.05) is 18.2 Å². The molecule has 0 aromatic heterocycles. The predicted octanol–water partition coefficient (Wildman–Crippen LogP) is 4.11. The number of hydrogen-bond donors (Lipinski definition) is 2. The van der Waals surface area contributed by atoms with Gasteiger partial charge in [0.1, 0.15) is 0 Å². The second kappa shape index (κ2) is 6.03. The molecule has 0 aliphatic carbocycles. The molecular formula is C14H12Cl2N2O2. The van der Waals surface area contributed by atoms with E-state index in [2.05, 4.69) is 5.32 Å². The minimum atomic E-state index is -0.488. The van der Waals surface area contributed by atoms with Crippen molar-refractivity contribution in [2.24, 2.45) is 0 Å². The number of benzene rings is 2. The van der Waals surface area contributed by atoms with E-state index in [1.54, 1.807) is 36.4 Å². The number of nitrogens with two attached hydrogens (primary N) is 1. The molecule has 0 radical (unpaired) electrons. The molecule has 0 atom stereocenters. The van der Waals surface area contributed by atoms with Crippen molar-refractivity contribution in [1.82, 2.24) is 0 Å². The van der Waals surface area contributed by atoms with E-state index in [9.17, 15) is 4.79 Å². The van der Waals surface area contributed by atoms with Crippen LogP contribution in [0, 0.1) is 0 Å². The third-order valence-corrected chi connectivity index (χ3v) is 3.53. The highest BCUT2D eigenvalue weighted by atomic mass is 35.5. The zero-order valence-electron chi connectivity index (χ0n) is 10.6. The third kappa shape index (κ3) is 2.81. The predicted molar refractivity (Wildman–Crippen MR) is 81.9 cm³/mol. The van der Waals surface area contributed by atoms with E-state index >= 15 is 0 Å². The maximum Gasteiger partial charge on any atom is 0.340 e. The number of nitrogens with one attached hydrogen (secondary N) is 1. The molecule has 0 saturated heterocycles. The fourth-order valence-corrected chi connectivity index (χ4v) is 2.07. The van der Waals surface area contributed by atoms with Crippen LogP contribution in [0.25, 0.3) is 0 Å². The molecule has 20 heavy (non-hydrogen) atoms. The minimum Gasteiger partial charge on any atom is -0.465 e. The standard InChI is InChI=1S/C14H12Cl2N2O2/c1-20-14(19)8-4-2-6-10(17)13(8)18-11-7-3-5-9(15)12(11)16/h2-7,18H,17H2,1H3. The van der Waals surface area contributed by atoms with Gasteiger partial charge in [-0.15, -0.1) is 0 Å². The molecule has 3 N–H and O–H groups in total. The summed E-state index contributed by atoms with van der Waals surface area (Å²) in [7, 11) is 1.31. The number of halogens is 2. The first kappa shape index (κ1) is 14.5. The SMILES string of the molecule is COC(=O)c1cccc(N)c1Nc1cccc(Cl)c1Cl. The van der Waals surface area contributed by atoms with Gasteiger partial charge in [-0.3, -0.25) is 0 Å². The summed E-state index contributed by atoms with van der Waals surface area (Å²) in [5, 5.41) is 3.79. The summed E-state index contributed by atoms with van der Waals surface area (Å²) < 4.78 is 4.73. The number of rotatable bonds is 3. The van der Waals surface area contributed by atoms with Crippen molar-refractivity contribution in [3.63, 3.8) is 0 Å². The van der Waals surface area contributed by atoms with E-state index in [4.69, 9.17) is 33.7 Å². The topological polar surface area (TPSA) is 64.3 Å². The van der Waals surface area contributed by atoms with Gasteiger partial charge < -0.3 is 15.8 Å². The number of hydrogen-bond acceptors (Lipinski definition) is 4. The highest BCUT2D eigenvalue weighted by molar-refractivity contribution is 6.43. The monoisotopic (exact) mass is 310 g/mol. The molecule has 2 aromatic carbocycles. The van der Waals surface area contributed by atoms with Crippen LogP contribution in [0.1, 0.15) is 10.4 Å². The quantitative estimate of drug-likeness (QED) is 0.661. The highest BCUT2D eigenvalue weighted by Gasteiger charge is 2.15. The molecule has 6 heteroatoms. The summed E-state index contributed by atoms with van der Waals surface area (Å²) >= 11 is 12.1. The van der Waals surface area contributed by atoms with Crippen molar-refractivity contribution >= 4 is 46.2 Å². The molecular weight excluding hydrogens is 299 g/mol. The van der Waals surface area contributed by atoms with Gasteiger partial charge in [-0.25, -0.2) is 4.79 Å². The summed E-state index contributed by atoms with van der Waals surface area (Å²) in [6, 6.07) is 10.1. The largest absolute Gasteiger partial charge is 0.465 e. The first-order chi connectivity index (χ1) is 9.54. The van der Waals surface area contributed by atoms with E-state index in [-0.39, 0.29) is 0 Å². The summed E-state index contributed by atoms with van der Waals surface area (Å²) in [5.41, 5.74) is 7.62. The number of esters is 1. The van der Waals surface area contributed by atoms with Crippen LogP contribution < -0.4 is 11.1 Å². The fraction of sp³-hybridized carbons (Fsp3) is 0.0714. The highest BCUT2D eigenvalue weighted by Crippen LogP contribution is 2.34. The van der Waals surface area contributed by atoms with Gasteiger partial charge in [-0.2, -0.15) is 0 Å². The van der Waals surface area contributed by atoms with Crippen LogP contribution in [0.5, 0.6) is 0 Å². The Hall–Kier alpha value is -1.91. The van der Waals surface area contributed by atoms with E-state index in [0.717, 1.165) is 0 Å². The number of para-hydroxylation sites is 1. The molecule has 0 saturated carbocycles. The van der Waals surface area contributed by atoms with Crippen molar-refractivity contribution in [1.29, 1.82) is 0 Å². The normalized spacial score (nSPS) is 10.2. The van der Waals surface area contributed by atoms with Crippen LogP contribution in [0.15, 0.2) is 36.4 Å². The molecule has 0 aliphatic rings. The number of carbonyl (C=O) groups is 1. The molecule has 0 spiro atoms. The van der Waals surface area contributed by atoms with E-state index in [0.29, 0.717) is 32.7 Å². The van der Waals surface area contributed by atoms with Gasteiger partial charge in [-0.05, 0) is 24.3 Å². The molecule has 0 bridgehead atoms. The minimum absolute atomic E-state index is 0.323. The maximum atomic E-state index is 11.8. The van der Waals surface area contributed by atoms with Gasteiger partial charge in [0.2, 0.25) is 0 Å². The van der Waals surface area contributed by atoms with Crippen LogP contribution in [-0.4, -0.2) is 13.1 Å². The lowest BCUT2D eigenvalue weighted by atomic mass is 10.1. The lowest BCUT2D eigenvalue weighted by Gasteiger charge is -2.14. The number of ether oxygens (including phenoxy) is 1. The van der Waals surface area contributed by atoms with E-state index < -0.39 is 5.97 Å². The maximum absolute atomic E-state index is 11.8. The fourth-order valence-electron chi connectivity index (χ4n) is 1.72. The molecule has 2 aromatic rings. The number of anilines is 3. The second-order valence-electron chi connectivity index (χ2n) is 3.99. The lowest BCUT2D eigenvalue weighted by Crippen LogP contribution is -2.08. The molecule has 0 heterocycles. The van der Waals surface area contributed by atoms with Crippen molar-refractivity contribution in [2.45, 2.75) is 0 Å². The van der Waals surface area contributed by atoms with Crippen molar-refractivity contribution in [3.8, 4) is 0 Å². The van der Waals surface area contributed by atoms with Crippen LogP contribution in [-0.2, 0) is 4.74 Å². The lowest BCUT2D eigenvalue weighted by molar-refractivity contribution is 0.0602. The first-order valence-electron chi connectivity index (χ1n) is 5.72. The summed E-state index contributed by atoms with van der Waals surface area (Å²) in [6.07, 6.45) is 0. The van der Waals surface area contributed by atoms with Gasteiger partial charge in [0, 0.05) is 0 Å². The van der Waals surface area contributed by atoms with Crippen molar-refractivity contribution in [3.05, 3.63) is 52.0 Å². The van der Waals surface area contributed by atoms with Crippen LogP contribution in [0.2, 0.25) is 10.0 Å². The van der Waals surface area contributed by atoms with Gasteiger partial charge >= 0.3 is 5.97 Å². The van der Waals surface area contributed by atoms with Crippen molar-refractivity contribution < 1.29 is 9.53 Å². The number of methoxy groups -OCH3 is 1. The Kier molecular flexibility index (Phi) is 4.37. The Bertz CT molecular complexity index is 660. The smallest absolute Gasteiger partial charge is 0.340 e. The number of nitrogen functional groups attached to an aromatic ring is 1. The summed E-state index contributed by atoms with van der Waals surface area (Å²) in [4.78, 5) is 11.8. The zero-order valence-corrected chi connectivity index (χ0v) is 12.1. The van der Waals surface area contributed by atoms with Gasteiger partial charge in [0.15, 0.2) is 0 Å². The Morgan fingerprint density at radius 3 is 2.60 bits per heavy atom. The summed E-state index contributed by atoms with van der Waals surface area (Å²) in [6.45, 7) is 0. The number of carbonyl (C=O) groups excluding carboxylic acids is 1. The first-order valence-corrected chi connectivity index (χ1v) is 6.48. The molecule has 0 unspecified atom stereocenters. The Morgan fingerprint density at radius 2 is 1.90 bits per heavy atom. The molecule has 4 nitrogen and oxygen atoms in total. The second-order valence-corrected chi connectivity index (χ2v) is 4.77. The zero-order chi connectivity index (χ0) is 14.7. The average Bonchev–Trinajstić information content (AvgIpc) is 2.45. The molecule has 104 valence electrons. The molecule has 2 rings (SSSR count). The summed E-state index contributed by atoms with van der Waals surface area (Å²) in [5.74, 6) is -0.488. The molecule has 0 aliphatic heterocycles. The molecule has 0 amide bonds. The Morgan fingerprint density at radius 1 is 1.20 bits per heavy atom. The van der Waals surface area contributed by atoms with Crippen LogP contribution in [0.4, 0.5) is 17.1 Å². The van der Waals surface area contributed by atoms with Gasteiger partial charge in [-0.1, -0.05) is 35.3 Å². The third-order valence-electron chi connectivity index (χ3n) is 2.71. The Labute approximate surface area is 126 Å². The van der Waals surface area contributed by atoms with E-state index in [1.165, 1.54) is 7.11 Å². The van der Waals surface area contributed by atoms with Gasteiger partial charge in [0.25, 0.3) is 0 Å². The van der Waals surface area contributed by atoms with Crippen LogP contribution in [0.3, 0.4) is 0 Å². The van der Waals surface area contributed by atoms with E-state index in [1.807, 2.05) is 0 Å². The van der Waals surface area contributed by atoms with Crippen LogP contribution >= 0.6 is 23.2 Å².